The van der Waals surface area contributed by atoms with Crippen LogP contribution in [0.1, 0.15) is 55.1 Å². The number of unbranched alkanes of at least 4 members (excludes halogenated alkanes) is 1. The Kier molecular flexibility index (Phi) is 9.04. The van der Waals surface area contributed by atoms with Gasteiger partial charge in [0.1, 0.15) is 11.5 Å². The Balaban J connectivity index is 1.95. The van der Waals surface area contributed by atoms with Crippen LogP contribution in [-0.4, -0.2) is 36.0 Å². The minimum atomic E-state index is -0.968. The number of ether oxygens (including phenoxy) is 2. The topological polar surface area (TPSA) is 108 Å². The number of amides is 1. The second kappa shape index (κ2) is 11.5. The number of methoxy groups -OCH3 is 1. The third kappa shape index (κ3) is 6.98. The fourth-order valence-electron chi connectivity index (χ4n) is 2.73. The largest absolute Gasteiger partial charge is 0.496 e. The molecule has 9 heteroatoms. The molecule has 0 radical (unpaired) electrons. The van der Waals surface area contributed by atoms with Gasteiger partial charge in [0.25, 0.3) is 5.91 Å². The lowest BCUT2D eigenvalue weighted by atomic mass is 10.1. The molecular weight excluding hydrogens is 456 g/mol. The van der Waals surface area contributed by atoms with Gasteiger partial charge in [0.15, 0.2) is 17.7 Å². The highest BCUT2D eigenvalue weighted by Gasteiger charge is 2.24. The van der Waals surface area contributed by atoms with Gasteiger partial charge in [-0.1, -0.05) is 34.4 Å². The zero-order valence-corrected chi connectivity index (χ0v) is 18.8. The maximum Gasteiger partial charge on any atom is 0.307 e. The van der Waals surface area contributed by atoms with E-state index in [9.17, 15) is 14.4 Å². The van der Waals surface area contributed by atoms with E-state index in [0.717, 1.165) is 10.9 Å². The molecule has 0 aliphatic heterocycles. The number of aryl methyl sites for hydroxylation is 1. The zero-order valence-electron chi connectivity index (χ0n) is 17.2. The number of halogens is 1. The number of aromatic nitrogens is 1. The van der Waals surface area contributed by atoms with E-state index >= 15 is 0 Å². The van der Waals surface area contributed by atoms with E-state index in [1.807, 2.05) is 6.92 Å². The number of rotatable bonds is 11. The maximum absolute atomic E-state index is 12.5. The number of ketones is 1. The number of hydrogen-bond donors (Lipinski definition) is 1. The molecule has 2 rings (SSSR count). The molecule has 0 aliphatic rings. The average molecular weight is 481 g/mol. The van der Waals surface area contributed by atoms with E-state index in [2.05, 4.69) is 26.4 Å². The van der Waals surface area contributed by atoms with Crippen LogP contribution in [0.3, 0.4) is 0 Å². The maximum atomic E-state index is 12.5. The average Bonchev–Trinajstić information content (AvgIpc) is 3.13. The number of carbonyl (C=O) groups excluding carboxylic acids is 3. The summed E-state index contributed by atoms with van der Waals surface area (Å²) in [7, 11) is 1.47. The third-order valence-electron chi connectivity index (χ3n) is 4.28. The van der Waals surface area contributed by atoms with Crippen LogP contribution in [0.4, 0.5) is 5.82 Å². The predicted molar refractivity (Wildman–Crippen MR) is 114 cm³/mol. The number of benzene rings is 1. The summed E-state index contributed by atoms with van der Waals surface area (Å²) in [5.41, 5.74) is 0.376. The van der Waals surface area contributed by atoms with Crippen molar-refractivity contribution in [3.8, 4) is 5.75 Å². The molecule has 1 amide bonds. The number of nitrogens with zero attached hydrogens (tertiary/aromatic N) is 1. The molecule has 162 valence electrons. The van der Waals surface area contributed by atoms with Gasteiger partial charge in [0.2, 0.25) is 0 Å². The molecule has 8 nitrogen and oxygen atoms in total. The summed E-state index contributed by atoms with van der Waals surface area (Å²) >= 11 is 3.32. The zero-order chi connectivity index (χ0) is 22.1. The SMILES string of the molecule is CCCCC(OC(=O)CCC(=O)c1cc(Br)ccc1OC)C(=O)Nc1cc(C)on1. The lowest BCUT2D eigenvalue weighted by Crippen LogP contribution is -2.32. The van der Waals surface area contributed by atoms with Crippen molar-refractivity contribution in [3.05, 3.63) is 40.1 Å². The summed E-state index contributed by atoms with van der Waals surface area (Å²) in [6, 6.07) is 6.65. The van der Waals surface area contributed by atoms with Crippen LogP contribution in [0, 0.1) is 6.92 Å². The first kappa shape index (κ1) is 23.6. The van der Waals surface area contributed by atoms with E-state index in [-0.39, 0.29) is 24.4 Å². The summed E-state index contributed by atoms with van der Waals surface area (Å²) in [6.45, 7) is 3.68. The van der Waals surface area contributed by atoms with E-state index in [4.69, 9.17) is 14.0 Å². The monoisotopic (exact) mass is 480 g/mol. The van der Waals surface area contributed by atoms with Crippen LogP contribution in [0.15, 0.2) is 33.3 Å². The molecule has 0 saturated carbocycles. The van der Waals surface area contributed by atoms with Crippen LogP contribution in [0.5, 0.6) is 5.75 Å². The lowest BCUT2D eigenvalue weighted by Gasteiger charge is -2.16. The van der Waals surface area contributed by atoms with Crippen molar-refractivity contribution in [1.29, 1.82) is 0 Å². The van der Waals surface area contributed by atoms with Crippen LogP contribution in [-0.2, 0) is 14.3 Å². The van der Waals surface area contributed by atoms with Gasteiger partial charge in [-0.15, -0.1) is 0 Å². The van der Waals surface area contributed by atoms with Gasteiger partial charge in [0.05, 0.1) is 19.1 Å². The molecule has 1 aromatic heterocycles. The Morgan fingerprint density at radius 1 is 1.23 bits per heavy atom. The first-order valence-electron chi connectivity index (χ1n) is 9.64. The van der Waals surface area contributed by atoms with Gasteiger partial charge in [-0.05, 0) is 38.0 Å². The number of carbonyl (C=O) groups is 3. The van der Waals surface area contributed by atoms with Gasteiger partial charge in [-0.3, -0.25) is 14.4 Å². The van der Waals surface area contributed by atoms with Crippen molar-refractivity contribution in [3.63, 3.8) is 0 Å². The standard InChI is InChI=1S/C21H25BrN2O6/c1-4-5-6-18(21(27)23-19-11-13(2)30-24-19)29-20(26)10-8-16(25)15-12-14(22)7-9-17(15)28-3/h7,9,11-12,18H,4-6,8,10H2,1-3H3,(H,23,24,27). The van der Waals surface area contributed by atoms with Crippen LogP contribution < -0.4 is 10.1 Å². The molecule has 0 spiro atoms. The molecule has 0 saturated heterocycles. The van der Waals surface area contributed by atoms with Crippen LogP contribution in [0.25, 0.3) is 0 Å². The van der Waals surface area contributed by atoms with Crippen LogP contribution in [0.2, 0.25) is 0 Å². The third-order valence-corrected chi connectivity index (χ3v) is 4.78. The normalized spacial score (nSPS) is 11.6. The molecule has 0 fully saturated rings. The van der Waals surface area contributed by atoms with Crippen molar-refractivity contribution in [2.24, 2.45) is 0 Å². The van der Waals surface area contributed by atoms with Gasteiger partial charge < -0.3 is 19.3 Å². The van der Waals surface area contributed by atoms with E-state index in [1.54, 1.807) is 31.2 Å². The lowest BCUT2D eigenvalue weighted by molar-refractivity contribution is -0.154. The first-order chi connectivity index (χ1) is 14.3. The summed E-state index contributed by atoms with van der Waals surface area (Å²) in [4.78, 5) is 37.3. The number of Topliss-reactive ketones (excluding diaryl/α,β-unsaturated/α-hetero) is 1. The molecule has 30 heavy (non-hydrogen) atoms. The van der Waals surface area contributed by atoms with E-state index in [0.29, 0.717) is 29.9 Å². The molecule has 0 aliphatic carbocycles. The Hall–Kier alpha value is -2.68. The summed E-state index contributed by atoms with van der Waals surface area (Å²) in [5, 5.41) is 6.29. The smallest absolute Gasteiger partial charge is 0.307 e. The van der Waals surface area contributed by atoms with Crippen molar-refractivity contribution >= 4 is 39.4 Å². The number of anilines is 1. The van der Waals surface area contributed by atoms with Crippen molar-refractivity contribution in [2.45, 2.75) is 52.1 Å². The molecule has 0 bridgehead atoms. The number of esters is 1. The van der Waals surface area contributed by atoms with E-state index < -0.39 is 18.0 Å². The summed E-state index contributed by atoms with van der Waals surface area (Å²) < 4.78 is 16.2. The minimum absolute atomic E-state index is 0.0593. The van der Waals surface area contributed by atoms with Crippen molar-refractivity contribution < 1.29 is 28.4 Å². The second-order valence-electron chi connectivity index (χ2n) is 6.70. The minimum Gasteiger partial charge on any atom is -0.496 e. The van der Waals surface area contributed by atoms with Gasteiger partial charge in [-0.25, -0.2) is 0 Å². The highest BCUT2D eigenvalue weighted by molar-refractivity contribution is 9.10. The molecule has 1 atom stereocenters. The van der Waals surface area contributed by atoms with Crippen LogP contribution >= 0.6 is 15.9 Å². The first-order valence-corrected chi connectivity index (χ1v) is 10.4. The highest BCUT2D eigenvalue weighted by atomic mass is 79.9. The molecule has 1 N–H and O–H groups in total. The molecular formula is C21H25BrN2O6. The van der Waals surface area contributed by atoms with Gasteiger partial charge >= 0.3 is 5.97 Å². The highest BCUT2D eigenvalue weighted by Crippen LogP contribution is 2.24. The van der Waals surface area contributed by atoms with Crippen molar-refractivity contribution in [2.75, 3.05) is 12.4 Å². The molecule has 2 aromatic rings. The van der Waals surface area contributed by atoms with Gasteiger partial charge in [0, 0.05) is 17.0 Å². The fourth-order valence-corrected chi connectivity index (χ4v) is 3.09. The summed E-state index contributed by atoms with van der Waals surface area (Å²) in [6.07, 6.45) is 0.746. The van der Waals surface area contributed by atoms with E-state index in [1.165, 1.54) is 7.11 Å². The molecule has 1 aromatic carbocycles. The Morgan fingerprint density at radius 3 is 2.63 bits per heavy atom. The quantitative estimate of drug-likeness (QED) is 0.373. The summed E-state index contributed by atoms with van der Waals surface area (Å²) in [5.74, 6) is -0.117. The number of hydrogen-bond acceptors (Lipinski definition) is 7. The molecule has 1 heterocycles. The fraction of sp³-hybridized carbons (Fsp3) is 0.429. The second-order valence-corrected chi connectivity index (χ2v) is 7.62. The van der Waals surface area contributed by atoms with Crippen molar-refractivity contribution in [1.82, 2.24) is 5.16 Å². The Morgan fingerprint density at radius 2 is 2.00 bits per heavy atom. The molecule has 1 unspecified atom stereocenters. The Bertz CT molecular complexity index is 895. The number of nitrogens with one attached hydrogen (secondary N) is 1. The van der Waals surface area contributed by atoms with Gasteiger partial charge in [-0.2, -0.15) is 0 Å². The Labute approximate surface area is 183 Å². The predicted octanol–water partition coefficient (Wildman–Crippen LogP) is 4.46.